The summed E-state index contributed by atoms with van der Waals surface area (Å²) in [5.41, 5.74) is -1.08. The van der Waals surface area contributed by atoms with Crippen molar-refractivity contribution >= 4 is 17.7 Å². The number of quaternary nitrogens is 1. The lowest BCUT2D eigenvalue weighted by Crippen LogP contribution is -2.59. The van der Waals surface area contributed by atoms with Crippen molar-refractivity contribution in [2.45, 2.75) is 45.6 Å². The molecule has 1 aromatic carbocycles. The highest BCUT2D eigenvalue weighted by Gasteiger charge is 2.46. The van der Waals surface area contributed by atoms with Gasteiger partial charge in [0.1, 0.15) is 18.7 Å². The summed E-state index contributed by atoms with van der Waals surface area (Å²) in [5, 5.41) is 11.4. The number of carbonyl (C=O) groups is 2. The van der Waals surface area contributed by atoms with Gasteiger partial charge >= 0.3 is 17.7 Å². The number of nitro groups is 1. The summed E-state index contributed by atoms with van der Waals surface area (Å²) in [5.74, 6) is -0.632. The van der Waals surface area contributed by atoms with Gasteiger partial charge in [-0.05, 0) is 44.0 Å². The van der Waals surface area contributed by atoms with Gasteiger partial charge in [0.25, 0.3) is 0 Å². The number of piperidine rings is 1. The molecule has 0 unspecified atom stereocenters. The van der Waals surface area contributed by atoms with Crippen LogP contribution in [0.15, 0.2) is 18.2 Å². The Morgan fingerprint density at radius 3 is 2.38 bits per heavy atom. The summed E-state index contributed by atoms with van der Waals surface area (Å²) < 4.78 is 14.8. The highest BCUT2D eigenvalue weighted by Crippen LogP contribution is 2.34. The van der Waals surface area contributed by atoms with Gasteiger partial charge in [-0.15, -0.1) is 0 Å². The van der Waals surface area contributed by atoms with E-state index in [0.717, 1.165) is 19.3 Å². The second-order valence-corrected chi connectivity index (χ2v) is 7.72. The third-order valence-corrected chi connectivity index (χ3v) is 4.25. The van der Waals surface area contributed by atoms with Crippen molar-refractivity contribution in [1.29, 1.82) is 0 Å². The first-order valence-corrected chi connectivity index (χ1v) is 9.34. The number of hydrogen-bond donors (Lipinski definition) is 0. The van der Waals surface area contributed by atoms with Crippen LogP contribution in [0.1, 0.15) is 40.0 Å². The molecule has 0 atom stereocenters. The summed E-state index contributed by atoms with van der Waals surface area (Å²) in [4.78, 5) is 40.8. The Bertz CT molecular complexity index is 766. The van der Waals surface area contributed by atoms with Crippen LogP contribution in [-0.2, 0) is 14.3 Å². The van der Waals surface area contributed by atoms with Gasteiger partial charge in [0.2, 0.25) is 0 Å². The Balaban J connectivity index is 2.29. The quantitative estimate of drug-likeness (QED) is 0.303. The first-order chi connectivity index (χ1) is 13.6. The number of hydrogen-bond acceptors (Lipinski definition) is 8. The number of nitro benzene ring substituents is 1. The van der Waals surface area contributed by atoms with Crippen molar-refractivity contribution in [2.24, 2.45) is 0 Å². The molecular weight excluding hydrogens is 384 g/mol. The predicted molar refractivity (Wildman–Crippen MR) is 101 cm³/mol. The third-order valence-electron chi connectivity index (χ3n) is 4.25. The van der Waals surface area contributed by atoms with Crippen LogP contribution < -0.4 is 9.57 Å². The highest BCUT2D eigenvalue weighted by atomic mass is 16.8. The fraction of sp³-hybridized carbons (Fsp3) is 0.579. The number of amides is 1. The first-order valence-electron chi connectivity index (χ1n) is 9.34. The monoisotopic (exact) mass is 411 g/mol. The molecule has 1 aromatic rings. The fourth-order valence-corrected chi connectivity index (χ4v) is 2.90. The number of likely N-dealkylation sites (tertiary alicyclic amines) is 1. The van der Waals surface area contributed by atoms with Gasteiger partial charge in [-0.2, -0.15) is 4.79 Å². The van der Waals surface area contributed by atoms with Crippen molar-refractivity contribution in [3.8, 4) is 11.5 Å². The Hall–Kier alpha value is -2.88. The number of benzene rings is 1. The average Bonchev–Trinajstić information content (AvgIpc) is 2.65. The van der Waals surface area contributed by atoms with Crippen molar-refractivity contribution in [3.63, 3.8) is 0 Å². The normalized spacial score (nSPS) is 15.9. The van der Waals surface area contributed by atoms with E-state index in [1.807, 2.05) is 0 Å². The molecule has 0 saturated carbocycles. The number of esters is 1. The van der Waals surface area contributed by atoms with E-state index < -0.39 is 33.8 Å². The molecule has 1 fully saturated rings. The van der Waals surface area contributed by atoms with E-state index in [1.54, 1.807) is 20.8 Å². The summed E-state index contributed by atoms with van der Waals surface area (Å²) >= 11 is 0. The minimum absolute atomic E-state index is 0.102. The summed E-state index contributed by atoms with van der Waals surface area (Å²) in [6.45, 7) is 5.65. The number of ether oxygens (including phenoxy) is 3. The first kappa shape index (κ1) is 22.4. The van der Waals surface area contributed by atoms with Crippen LogP contribution in [0.5, 0.6) is 11.5 Å². The third kappa shape index (κ3) is 6.05. The lowest BCUT2D eigenvalue weighted by molar-refractivity contribution is -1.02. The SMILES string of the molecule is COC(=O)COc1ccc(O[N+]2(C(=O)OC(C)(C)C)CCCCC2)cc1[N+](=O)[O-]. The van der Waals surface area contributed by atoms with Gasteiger partial charge in [0, 0.05) is 12.8 Å². The average molecular weight is 411 g/mol. The molecule has 0 N–H and O–H groups in total. The van der Waals surface area contributed by atoms with Gasteiger partial charge in [0.15, 0.2) is 18.1 Å². The Morgan fingerprint density at radius 1 is 1.17 bits per heavy atom. The van der Waals surface area contributed by atoms with E-state index in [4.69, 9.17) is 14.3 Å². The smallest absolute Gasteiger partial charge is 0.475 e. The largest absolute Gasteiger partial charge is 0.559 e. The van der Waals surface area contributed by atoms with Crippen LogP contribution in [0, 0.1) is 10.1 Å². The molecule has 1 aliphatic rings. The number of carbonyl (C=O) groups excluding carboxylic acids is 2. The Labute approximate surface area is 169 Å². The molecule has 10 heteroatoms. The topological polar surface area (TPSA) is 114 Å². The minimum Gasteiger partial charge on any atom is -0.475 e. The van der Waals surface area contributed by atoms with E-state index in [1.165, 1.54) is 25.3 Å². The number of rotatable bonds is 6. The zero-order valence-electron chi connectivity index (χ0n) is 17.1. The molecule has 0 radical (unpaired) electrons. The molecule has 2 rings (SSSR count). The second kappa shape index (κ2) is 9.08. The Kier molecular flexibility index (Phi) is 7.02. The molecular formula is C19H27N2O8+. The second-order valence-electron chi connectivity index (χ2n) is 7.72. The van der Waals surface area contributed by atoms with E-state index in [0.29, 0.717) is 13.1 Å². The lowest BCUT2D eigenvalue weighted by Gasteiger charge is -2.36. The van der Waals surface area contributed by atoms with Crippen molar-refractivity contribution in [1.82, 2.24) is 0 Å². The van der Waals surface area contributed by atoms with E-state index >= 15 is 0 Å². The molecule has 10 nitrogen and oxygen atoms in total. The molecule has 0 aromatic heterocycles. The molecule has 1 heterocycles. The van der Waals surface area contributed by atoms with Gasteiger partial charge in [-0.25, -0.2) is 4.79 Å². The fourth-order valence-electron chi connectivity index (χ4n) is 2.90. The van der Waals surface area contributed by atoms with Crippen molar-refractivity contribution in [3.05, 3.63) is 28.3 Å². The minimum atomic E-state index is -0.694. The lowest BCUT2D eigenvalue weighted by atomic mass is 10.1. The summed E-state index contributed by atoms with van der Waals surface area (Å²) in [6, 6.07) is 3.95. The van der Waals surface area contributed by atoms with Gasteiger partial charge in [-0.3, -0.25) is 10.1 Å². The van der Waals surface area contributed by atoms with Crippen LogP contribution in [-0.4, -0.2) is 54.0 Å². The molecule has 1 saturated heterocycles. The van der Waals surface area contributed by atoms with E-state index in [2.05, 4.69) is 4.74 Å². The summed E-state index contributed by atoms with van der Waals surface area (Å²) in [6.07, 6.45) is 1.96. The van der Waals surface area contributed by atoms with Crippen LogP contribution >= 0.6 is 0 Å². The van der Waals surface area contributed by atoms with Crippen molar-refractivity contribution < 1.29 is 38.2 Å². The number of nitrogens with zero attached hydrogens (tertiary/aromatic N) is 2. The molecule has 0 spiro atoms. The maximum atomic E-state index is 12.9. The summed E-state index contributed by atoms with van der Waals surface area (Å²) in [7, 11) is 1.19. The van der Waals surface area contributed by atoms with E-state index in [-0.39, 0.29) is 17.2 Å². The zero-order valence-corrected chi connectivity index (χ0v) is 17.1. The van der Waals surface area contributed by atoms with Gasteiger partial charge in [0.05, 0.1) is 18.1 Å². The van der Waals surface area contributed by atoms with Crippen LogP contribution in [0.2, 0.25) is 0 Å². The molecule has 29 heavy (non-hydrogen) atoms. The van der Waals surface area contributed by atoms with Gasteiger partial charge in [-0.1, -0.05) is 0 Å². The van der Waals surface area contributed by atoms with Crippen LogP contribution in [0.25, 0.3) is 0 Å². The molecule has 1 amide bonds. The van der Waals surface area contributed by atoms with Crippen LogP contribution in [0.4, 0.5) is 10.5 Å². The standard InChI is InChI=1S/C19H27N2O8/c1-19(2,3)28-18(23)21(10-6-5-7-11-21)29-14-8-9-16(15(12-14)20(24)25)27-13-17(22)26-4/h8-9,12H,5-7,10-11,13H2,1-4H3/q+1. The highest BCUT2D eigenvalue weighted by molar-refractivity contribution is 5.71. The van der Waals surface area contributed by atoms with E-state index in [9.17, 15) is 19.7 Å². The molecule has 160 valence electrons. The van der Waals surface area contributed by atoms with Crippen LogP contribution in [0.3, 0.4) is 0 Å². The maximum absolute atomic E-state index is 12.9. The molecule has 1 aliphatic heterocycles. The number of methoxy groups -OCH3 is 1. The Morgan fingerprint density at radius 2 is 1.83 bits per heavy atom. The van der Waals surface area contributed by atoms with Crippen molar-refractivity contribution in [2.75, 3.05) is 26.8 Å². The predicted octanol–water partition coefficient (Wildman–Crippen LogP) is 3.38. The molecule has 0 bridgehead atoms. The maximum Gasteiger partial charge on any atom is 0.559 e. The zero-order chi connectivity index (χ0) is 21.7. The molecule has 0 aliphatic carbocycles. The number of hydroxylamine groups is 3. The van der Waals surface area contributed by atoms with Gasteiger partial charge < -0.3 is 19.0 Å².